The van der Waals surface area contributed by atoms with Gasteiger partial charge in [-0.25, -0.2) is 0 Å². The minimum atomic E-state index is 0.230. The molecule has 0 aliphatic carbocycles. The van der Waals surface area contributed by atoms with Gasteiger partial charge in [-0.1, -0.05) is 0 Å². The standard InChI is InChI=1S/C14H14Br2N2O/c1-9-6-17-3-2-11(9)8-18-7-10-4-12(15)14(19)13(16)5-10/h2-6,18-19H,7-8H2,1H3. The van der Waals surface area contributed by atoms with E-state index in [1.807, 2.05) is 24.4 Å². The summed E-state index contributed by atoms with van der Waals surface area (Å²) >= 11 is 6.66. The molecule has 0 saturated carbocycles. The Labute approximate surface area is 129 Å². The fourth-order valence-corrected chi connectivity index (χ4v) is 3.04. The first kappa shape index (κ1) is 14.5. The Morgan fingerprint density at radius 3 is 2.53 bits per heavy atom. The molecule has 0 aliphatic heterocycles. The predicted molar refractivity (Wildman–Crippen MR) is 83.0 cm³/mol. The van der Waals surface area contributed by atoms with Crippen molar-refractivity contribution in [2.45, 2.75) is 20.0 Å². The molecule has 0 fully saturated rings. The number of benzene rings is 1. The highest BCUT2D eigenvalue weighted by molar-refractivity contribution is 9.11. The van der Waals surface area contributed by atoms with Crippen molar-refractivity contribution in [3.8, 4) is 5.75 Å². The second kappa shape index (κ2) is 6.50. The fraction of sp³-hybridized carbons (Fsp3) is 0.214. The van der Waals surface area contributed by atoms with Gasteiger partial charge in [0.1, 0.15) is 5.75 Å². The highest BCUT2D eigenvalue weighted by Gasteiger charge is 2.05. The molecule has 1 aromatic heterocycles. The van der Waals surface area contributed by atoms with Crippen LogP contribution < -0.4 is 5.32 Å². The van der Waals surface area contributed by atoms with Gasteiger partial charge in [0, 0.05) is 25.5 Å². The summed E-state index contributed by atoms with van der Waals surface area (Å²) in [6.07, 6.45) is 3.67. The summed E-state index contributed by atoms with van der Waals surface area (Å²) in [5, 5.41) is 13.0. The van der Waals surface area contributed by atoms with Crippen LogP contribution in [0.4, 0.5) is 0 Å². The fourth-order valence-electron chi connectivity index (χ4n) is 1.76. The van der Waals surface area contributed by atoms with Crippen molar-refractivity contribution in [3.05, 3.63) is 56.2 Å². The lowest BCUT2D eigenvalue weighted by Gasteiger charge is -2.09. The molecule has 0 radical (unpaired) electrons. The summed E-state index contributed by atoms with van der Waals surface area (Å²) in [5.41, 5.74) is 3.53. The zero-order chi connectivity index (χ0) is 13.8. The van der Waals surface area contributed by atoms with Crippen molar-refractivity contribution >= 4 is 31.9 Å². The third kappa shape index (κ3) is 3.78. The highest BCUT2D eigenvalue weighted by Crippen LogP contribution is 2.33. The lowest BCUT2D eigenvalue weighted by molar-refractivity contribution is 0.468. The van der Waals surface area contributed by atoms with Gasteiger partial charge >= 0.3 is 0 Å². The number of phenolic OH excluding ortho intramolecular Hbond substituents is 1. The maximum Gasteiger partial charge on any atom is 0.143 e. The van der Waals surface area contributed by atoms with E-state index in [-0.39, 0.29) is 5.75 Å². The second-order valence-corrected chi connectivity index (χ2v) is 6.02. The van der Waals surface area contributed by atoms with Crippen LogP contribution in [0.2, 0.25) is 0 Å². The summed E-state index contributed by atoms with van der Waals surface area (Å²) in [7, 11) is 0. The molecule has 0 amide bonds. The van der Waals surface area contributed by atoms with Gasteiger partial charge in [0.25, 0.3) is 0 Å². The molecule has 3 nitrogen and oxygen atoms in total. The molecular weight excluding hydrogens is 372 g/mol. The summed E-state index contributed by atoms with van der Waals surface area (Å²) in [6.45, 7) is 3.58. The Kier molecular flexibility index (Phi) is 4.96. The molecule has 19 heavy (non-hydrogen) atoms. The highest BCUT2D eigenvalue weighted by atomic mass is 79.9. The minimum absolute atomic E-state index is 0.230. The first-order chi connectivity index (χ1) is 9.08. The molecule has 100 valence electrons. The lowest BCUT2D eigenvalue weighted by Crippen LogP contribution is -2.13. The number of aromatic nitrogens is 1. The number of hydrogen-bond acceptors (Lipinski definition) is 3. The number of aryl methyl sites for hydroxylation is 1. The van der Waals surface area contributed by atoms with E-state index in [0.29, 0.717) is 8.95 Å². The first-order valence-corrected chi connectivity index (χ1v) is 7.43. The van der Waals surface area contributed by atoms with Crippen molar-refractivity contribution in [2.24, 2.45) is 0 Å². The van der Waals surface area contributed by atoms with Crippen LogP contribution in [0.15, 0.2) is 39.5 Å². The summed E-state index contributed by atoms with van der Waals surface area (Å²) in [6, 6.07) is 5.84. The molecule has 0 aliphatic rings. The number of aromatic hydroxyl groups is 1. The molecule has 1 heterocycles. The third-order valence-corrected chi connectivity index (χ3v) is 4.07. The Morgan fingerprint density at radius 2 is 1.89 bits per heavy atom. The summed E-state index contributed by atoms with van der Waals surface area (Å²) in [5.74, 6) is 0.230. The average molecular weight is 386 g/mol. The van der Waals surface area contributed by atoms with Crippen molar-refractivity contribution in [2.75, 3.05) is 0 Å². The van der Waals surface area contributed by atoms with Gasteiger partial charge in [0.05, 0.1) is 8.95 Å². The zero-order valence-electron chi connectivity index (χ0n) is 10.5. The van der Waals surface area contributed by atoms with Crippen LogP contribution in [0.5, 0.6) is 5.75 Å². The molecule has 0 saturated heterocycles. The van der Waals surface area contributed by atoms with E-state index in [1.54, 1.807) is 6.20 Å². The van der Waals surface area contributed by atoms with Crippen LogP contribution in [-0.4, -0.2) is 10.1 Å². The van der Waals surface area contributed by atoms with Crippen molar-refractivity contribution in [1.29, 1.82) is 0 Å². The average Bonchev–Trinajstić information content (AvgIpc) is 2.38. The van der Waals surface area contributed by atoms with E-state index in [0.717, 1.165) is 18.7 Å². The van der Waals surface area contributed by atoms with E-state index >= 15 is 0 Å². The quantitative estimate of drug-likeness (QED) is 0.838. The smallest absolute Gasteiger partial charge is 0.143 e. The van der Waals surface area contributed by atoms with Gasteiger partial charge in [0.2, 0.25) is 0 Å². The second-order valence-electron chi connectivity index (χ2n) is 4.31. The van der Waals surface area contributed by atoms with Gasteiger partial charge in [0.15, 0.2) is 0 Å². The van der Waals surface area contributed by atoms with Gasteiger partial charge in [-0.05, 0) is 73.7 Å². The molecule has 2 aromatic rings. The molecule has 2 N–H and O–H groups in total. The SMILES string of the molecule is Cc1cnccc1CNCc1cc(Br)c(O)c(Br)c1. The molecule has 1 aromatic carbocycles. The lowest BCUT2D eigenvalue weighted by atomic mass is 10.1. The van der Waals surface area contributed by atoms with Crippen molar-refractivity contribution in [3.63, 3.8) is 0 Å². The zero-order valence-corrected chi connectivity index (χ0v) is 13.6. The van der Waals surface area contributed by atoms with Crippen molar-refractivity contribution < 1.29 is 5.11 Å². The maximum atomic E-state index is 9.65. The van der Waals surface area contributed by atoms with Crippen molar-refractivity contribution in [1.82, 2.24) is 10.3 Å². The minimum Gasteiger partial charge on any atom is -0.506 e. The van der Waals surface area contributed by atoms with Crippen LogP contribution in [0, 0.1) is 6.92 Å². The van der Waals surface area contributed by atoms with E-state index < -0.39 is 0 Å². The van der Waals surface area contributed by atoms with E-state index in [9.17, 15) is 5.11 Å². The predicted octanol–water partition coefficient (Wildman–Crippen LogP) is 3.91. The normalized spacial score (nSPS) is 10.7. The number of rotatable bonds is 4. The van der Waals surface area contributed by atoms with Gasteiger partial charge in [-0.15, -0.1) is 0 Å². The Balaban J connectivity index is 1.98. The maximum absolute atomic E-state index is 9.65. The monoisotopic (exact) mass is 384 g/mol. The number of halogens is 2. The van der Waals surface area contributed by atoms with Crippen LogP contribution in [-0.2, 0) is 13.1 Å². The van der Waals surface area contributed by atoms with E-state index in [4.69, 9.17) is 0 Å². The Hall–Kier alpha value is -0.910. The molecule has 0 unspecified atom stereocenters. The van der Waals surface area contributed by atoms with E-state index in [2.05, 4.69) is 49.1 Å². The molecule has 2 rings (SSSR count). The number of phenols is 1. The van der Waals surface area contributed by atoms with Crippen LogP contribution in [0.3, 0.4) is 0 Å². The van der Waals surface area contributed by atoms with Crippen LogP contribution in [0.25, 0.3) is 0 Å². The molecular formula is C14H14Br2N2O. The van der Waals surface area contributed by atoms with Gasteiger partial charge in [-0.2, -0.15) is 0 Å². The van der Waals surface area contributed by atoms with Gasteiger partial charge in [-0.3, -0.25) is 4.98 Å². The van der Waals surface area contributed by atoms with Crippen LogP contribution in [0.1, 0.15) is 16.7 Å². The van der Waals surface area contributed by atoms with E-state index in [1.165, 1.54) is 11.1 Å². The van der Waals surface area contributed by atoms with Crippen LogP contribution >= 0.6 is 31.9 Å². The number of pyridine rings is 1. The molecule has 5 heteroatoms. The summed E-state index contributed by atoms with van der Waals surface area (Å²) in [4.78, 5) is 4.08. The largest absolute Gasteiger partial charge is 0.506 e. The summed E-state index contributed by atoms with van der Waals surface area (Å²) < 4.78 is 1.39. The number of nitrogens with one attached hydrogen (secondary N) is 1. The number of hydrogen-bond donors (Lipinski definition) is 2. The number of nitrogens with zero attached hydrogens (tertiary/aromatic N) is 1. The Morgan fingerprint density at radius 1 is 1.21 bits per heavy atom. The topological polar surface area (TPSA) is 45.2 Å². The Bertz CT molecular complexity index is 564. The molecule has 0 spiro atoms. The third-order valence-electron chi connectivity index (χ3n) is 2.86. The first-order valence-electron chi connectivity index (χ1n) is 5.85. The van der Waals surface area contributed by atoms with Gasteiger partial charge < -0.3 is 10.4 Å². The molecule has 0 bridgehead atoms. The molecule has 0 atom stereocenters.